The second-order valence-electron chi connectivity index (χ2n) is 16.2. The lowest BCUT2D eigenvalue weighted by Gasteiger charge is -2.22. The Balaban J connectivity index is -0.0000000598. The SMILES string of the molecule is C.CC(C)N(C)C.CC(C)NCC1CCCCC1.CNC(C)C.CNC(C)C.CNC(C)C.CNC(C)C.CNC(C)C.CNC(C)C.CNC(C)C. The van der Waals surface area contributed by atoms with Gasteiger partial charge in [-0.25, -0.2) is 0 Å². The summed E-state index contributed by atoms with van der Waals surface area (Å²) in [5, 5.41) is 24.7. The average molecular weight is 770 g/mol. The molecule has 0 radical (unpaired) electrons. The van der Waals surface area contributed by atoms with Crippen molar-refractivity contribution in [3.63, 3.8) is 0 Å². The van der Waals surface area contributed by atoms with Crippen molar-refractivity contribution in [1.82, 2.24) is 47.4 Å². The van der Waals surface area contributed by atoms with E-state index in [1.54, 1.807) is 0 Å². The topological polar surface area (TPSA) is 99.5 Å². The van der Waals surface area contributed by atoms with Gasteiger partial charge in [-0.15, -0.1) is 0 Å². The van der Waals surface area contributed by atoms with E-state index in [4.69, 9.17) is 0 Å². The van der Waals surface area contributed by atoms with Gasteiger partial charge in [-0.05, 0) is 103 Å². The van der Waals surface area contributed by atoms with Gasteiger partial charge in [0, 0.05) is 54.4 Å². The molecule has 336 valence electrons. The van der Waals surface area contributed by atoms with Gasteiger partial charge in [-0.1, -0.05) is 137 Å². The van der Waals surface area contributed by atoms with Crippen LogP contribution in [-0.2, 0) is 0 Å². The van der Waals surface area contributed by atoms with Crippen LogP contribution in [0.15, 0.2) is 0 Å². The molecule has 0 bridgehead atoms. The lowest BCUT2D eigenvalue weighted by Crippen LogP contribution is -2.29. The molecule has 1 rings (SSSR count). The van der Waals surface area contributed by atoms with Crippen molar-refractivity contribution < 1.29 is 0 Å². The molecule has 53 heavy (non-hydrogen) atoms. The van der Waals surface area contributed by atoms with E-state index in [0.29, 0.717) is 54.4 Å². The molecule has 0 aromatic rings. The summed E-state index contributed by atoms with van der Waals surface area (Å²) in [6, 6.07) is 5.79. The van der Waals surface area contributed by atoms with Crippen molar-refractivity contribution in [3.8, 4) is 0 Å². The zero-order valence-corrected chi connectivity index (χ0v) is 41.5. The highest BCUT2D eigenvalue weighted by Gasteiger charge is 2.12. The molecule has 9 nitrogen and oxygen atoms in total. The van der Waals surface area contributed by atoms with Gasteiger partial charge in [-0.3, -0.25) is 0 Å². The first-order valence-electron chi connectivity index (χ1n) is 20.9. The summed E-state index contributed by atoms with van der Waals surface area (Å²) in [5.74, 6) is 0.978. The van der Waals surface area contributed by atoms with Gasteiger partial charge in [0.1, 0.15) is 0 Å². The molecule has 8 N–H and O–H groups in total. The van der Waals surface area contributed by atoms with Crippen molar-refractivity contribution in [1.29, 1.82) is 0 Å². The van der Waals surface area contributed by atoms with Gasteiger partial charge in [0.15, 0.2) is 0 Å². The first-order valence-corrected chi connectivity index (χ1v) is 20.9. The van der Waals surface area contributed by atoms with E-state index in [2.05, 4.69) is 186 Å². The zero-order valence-electron chi connectivity index (χ0n) is 41.5. The standard InChI is InChI=1S/C10H21N.C5H13N.7C4H11N.CH4/c1-9(2)11-8-10-6-4-3-5-7-10;1-5(2)6(3)4;7*1-4(2)5-3;/h9-11H,3-8H2,1-2H3;5H,1-4H3;7*4-5H,1-3H3;1H4. The van der Waals surface area contributed by atoms with E-state index in [9.17, 15) is 0 Å². The van der Waals surface area contributed by atoms with Crippen LogP contribution in [0.2, 0.25) is 0 Å². The number of hydrogen-bond donors (Lipinski definition) is 8. The van der Waals surface area contributed by atoms with E-state index in [-0.39, 0.29) is 7.43 Å². The summed E-state index contributed by atoms with van der Waals surface area (Å²) in [7, 11) is 17.8. The minimum atomic E-state index is 0. The summed E-state index contributed by atoms with van der Waals surface area (Å²) in [6.07, 6.45) is 7.31. The first kappa shape index (κ1) is 73.7. The lowest BCUT2D eigenvalue weighted by molar-refractivity contribution is 0.334. The molecule has 0 unspecified atom stereocenters. The first-order chi connectivity index (χ1) is 23.8. The van der Waals surface area contributed by atoms with Crippen LogP contribution >= 0.6 is 0 Å². The largest absolute Gasteiger partial charge is 0.318 e. The predicted octanol–water partition coefficient (Wildman–Crippen LogP) is 8.46. The van der Waals surface area contributed by atoms with E-state index in [0.717, 1.165) is 5.92 Å². The van der Waals surface area contributed by atoms with Crippen LogP contribution in [0.25, 0.3) is 0 Å². The van der Waals surface area contributed by atoms with Crippen molar-refractivity contribution >= 4 is 0 Å². The molecular weight excluding hydrogens is 655 g/mol. The molecule has 0 amide bonds. The summed E-state index contributed by atoms with van der Waals surface area (Å²) in [4.78, 5) is 2.17. The van der Waals surface area contributed by atoms with Crippen molar-refractivity contribution in [2.45, 2.75) is 219 Å². The van der Waals surface area contributed by atoms with Crippen molar-refractivity contribution in [2.24, 2.45) is 5.92 Å². The number of nitrogens with zero attached hydrogens (tertiary/aromatic N) is 1. The number of nitrogens with one attached hydrogen (secondary N) is 8. The van der Waals surface area contributed by atoms with Crippen molar-refractivity contribution in [2.75, 3.05) is 70.0 Å². The fourth-order valence-electron chi connectivity index (χ4n) is 1.79. The molecule has 1 fully saturated rings. The molecule has 9 heteroatoms. The molecule has 0 heterocycles. The van der Waals surface area contributed by atoms with E-state index < -0.39 is 0 Å². The molecule has 1 aliphatic rings. The fourth-order valence-corrected chi connectivity index (χ4v) is 1.79. The number of rotatable bonds is 11. The highest BCUT2D eigenvalue weighted by atomic mass is 15.1. The Kier molecular flexibility index (Phi) is 84.7. The summed E-state index contributed by atoms with van der Waals surface area (Å²) < 4.78 is 0. The minimum Gasteiger partial charge on any atom is -0.318 e. The maximum Gasteiger partial charge on any atom is 0.00324 e. The highest BCUT2D eigenvalue weighted by molar-refractivity contribution is 4.68. The molecule has 1 aliphatic carbocycles. The normalized spacial score (nSPS) is 11.9. The summed E-state index contributed by atoms with van der Waals surface area (Å²) >= 11 is 0. The molecule has 0 atom stereocenters. The molecule has 0 aliphatic heterocycles. The maximum absolute atomic E-state index is 3.52. The molecule has 0 spiro atoms. The monoisotopic (exact) mass is 770 g/mol. The van der Waals surface area contributed by atoms with Crippen molar-refractivity contribution in [3.05, 3.63) is 0 Å². The Bertz CT molecular complexity index is 446. The highest BCUT2D eigenvalue weighted by Crippen LogP contribution is 2.22. The Morgan fingerprint density at radius 1 is 0.377 bits per heavy atom. The minimum absolute atomic E-state index is 0. The van der Waals surface area contributed by atoms with E-state index in [1.165, 1.54) is 38.6 Å². The van der Waals surface area contributed by atoms with Crippen LogP contribution in [0.3, 0.4) is 0 Å². The smallest absolute Gasteiger partial charge is 0.00324 e. The third-order valence-corrected chi connectivity index (χ3v) is 7.61. The Hall–Kier alpha value is -0.360. The Labute approximate surface area is 341 Å². The van der Waals surface area contributed by atoms with Crippen LogP contribution in [0, 0.1) is 5.92 Å². The van der Waals surface area contributed by atoms with Gasteiger partial charge in [0.25, 0.3) is 0 Å². The molecule has 0 aromatic heterocycles. The van der Waals surface area contributed by atoms with Gasteiger partial charge >= 0.3 is 0 Å². The number of hydrogen-bond acceptors (Lipinski definition) is 9. The van der Waals surface area contributed by atoms with Crippen LogP contribution in [0.1, 0.15) is 164 Å². The third-order valence-electron chi connectivity index (χ3n) is 7.61. The quantitative estimate of drug-likeness (QED) is 0.105. The average Bonchev–Trinajstić information content (AvgIpc) is 3.09. The van der Waals surface area contributed by atoms with Crippen LogP contribution < -0.4 is 42.5 Å². The predicted molar refractivity (Wildman–Crippen MR) is 255 cm³/mol. The van der Waals surface area contributed by atoms with Gasteiger partial charge in [0.2, 0.25) is 0 Å². The van der Waals surface area contributed by atoms with E-state index in [1.807, 2.05) is 49.3 Å². The molecule has 0 aromatic carbocycles. The zero-order chi connectivity index (χ0) is 43.3. The van der Waals surface area contributed by atoms with Crippen LogP contribution in [0.4, 0.5) is 0 Å². The van der Waals surface area contributed by atoms with Gasteiger partial charge < -0.3 is 47.4 Å². The molecule has 0 saturated heterocycles. The van der Waals surface area contributed by atoms with Crippen LogP contribution in [0.5, 0.6) is 0 Å². The Morgan fingerprint density at radius 3 is 0.660 bits per heavy atom. The van der Waals surface area contributed by atoms with Gasteiger partial charge in [-0.2, -0.15) is 0 Å². The summed E-state index contributed by atoms with van der Waals surface area (Å²) in [5.41, 5.74) is 0. The Morgan fingerprint density at radius 2 is 0.547 bits per heavy atom. The van der Waals surface area contributed by atoms with Gasteiger partial charge in [0.05, 0.1) is 0 Å². The maximum atomic E-state index is 3.52. The summed E-state index contributed by atoms with van der Waals surface area (Å²) in [6.45, 7) is 39.6. The fraction of sp³-hybridized carbons (Fsp3) is 1.00. The second kappa shape index (κ2) is 60.9. The third kappa shape index (κ3) is 136. The molecule has 1 saturated carbocycles. The van der Waals surface area contributed by atoms with E-state index >= 15 is 0 Å². The molecular formula is C44H115N9. The second-order valence-corrected chi connectivity index (χ2v) is 16.2. The van der Waals surface area contributed by atoms with Crippen LogP contribution in [-0.4, -0.2) is 129 Å². The lowest BCUT2D eigenvalue weighted by atomic mass is 9.89.